The Morgan fingerprint density at radius 1 is 1.37 bits per heavy atom. The van der Waals surface area contributed by atoms with Gasteiger partial charge in [0.15, 0.2) is 0 Å². The van der Waals surface area contributed by atoms with Gasteiger partial charge in [-0.2, -0.15) is 0 Å². The summed E-state index contributed by atoms with van der Waals surface area (Å²) in [6.45, 7) is 5.09. The number of carbonyl (C=O) groups is 1. The molecule has 0 spiro atoms. The maximum Gasteiger partial charge on any atom is 0.412 e. The minimum absolute atomic E-state index is 0.0112. The van der Waals surface area contributed by atoms with Crippen LogP contribution < -0.4 is 20.1 Å². The van der Waals surface area contributed by atoms with Gasteiger partial charge in [0.25, 0.3) is 0 Å². The molecule has 1 aromatic carbocycles. The van der Waals surface area contributed by atoms with E-state index < -0.39 is 6.09 Å². The van der Waals surface area contributed by atoms with Crippen molar-refractivity contribution in [3.05, 3.63) is 36.0 Å². The highest BCUT2D eigenvalue weighted by Crippen LogP contribution is 2.40. The van der Waals surface area contributed by atoms with Crippen molar-refractivity contribution in [3.8, 4) is 22.6 Å². The normalized spacial score (nSPS) is 13.4. The van der Waals surface area contributed by atoms with Gasteiger partial charge in [-0.1, -0.05) is 13.8 Å². The van der Waals surface area contributed by atoms with Gasteiger partial charge in [0.1, 0.15) is 30.5 Å². The number of anilines is 1. The van der Waals surface area contributed by atoms with Crippen LogP contribution in [0.3, 0.4) is 0 Å². The van der Waals surface area contributed by atoms with Gasteiger partial charge in [0, 0.05) is 36.5 Å². The maximum absolute atomic E-state index is 11.2. The fraction of sp³-hybridized carbons (Fsp3) is 0.400. The third-order valence-corrected chi connectivity index (χ3v) is 4.47. The van der Waals surface area contributed by atoms with Crippen LogP contribution in [0.25, 0.3) is 11.1 Å². The molecular formula is C20H25N3O4. The van der Waals surface area contributed by atoms with E-state index >= 15 is 0 Å². The van der Waals surface area contributed by atoms with E-state index in [-0.39, 0.29) is 6.04 Å². The number of benzene rings is 1. The molecule has 3 N–H and O–H groups in total. The van der Waals surface area contributed by atoms with Crippen LogP contribution in [0.4, 0.5) is 10.6 Å². The molecule has 2 heterocycles. The predicted molar refractivity (Wildman–Crippen MR) is 103 cm³/mol. The minimum Gasteiger partial charge on any atom is -0.492 e. The molecule has 0 saturated carbocycles. The summed E-state index contributed by atoms with van der Waals surface area (Å²) in [6, 6.07) is 7.40. The summed E-state index contributed by atoms with van der Waals surface area (Å²) in [5.74, 6) is 2.30. The third-order valence-electron chi connectivity index (χ3n) is 4.47. The standard InChI is InChI=1S/C20H25N3O4/c1-12(2)6-14(21)11-26-15-4-5-16-17-8-19(23(3)20(24)25)22-9-13(17)10-27-18(16)7-15/h4-5,7-9,12,14H,6,10-11,21H2,1-3H3,(H,24,25)/t14-/m0/s1. The van der Waals surface area contributed by atoms with Gasteiger partial charge < -0.3 is 20.3 Å². The second kappa shape index (κ2) is 7.84. The van der Waals surface area contributed by atoms with Crippen molar-refractivity contribution in [2.75, 3.05) is 18.6 Å². The van der Waals surface area contributed by atoms with E-state index in [1.165, 1.54) is 7.05 Å². The monoisotopic (exact) mass is 371 g/mol. The van der Waals surface area contributed by atoms with Crippen LogP contribution >= 0.6 is 0 Å². The van der Waals surface area contributed by atoms with Gasteiger partial charge >= 0.3 is 6.09 Å². The number of ether oxygens (including phenoxy) is 2. The Kier molecular flexibility index (Phi) is 5.51. The van der Waals surface area contributed by atoms with E-state index in [4.69, 9.17) is 20.3 Å². The van der Waals surface area contributed by atoms with Crippen molar-refractivity contribution in [3.63, 3.8) is 0 Å². The van der Waals surface area contributed by atoms with Gasteiger partial charge in [0.05, 0.1) is 0 Å². The summed E-state index contributed by atoms with van der Waals surface area (Å²) in [7, 11) is 1.47. The fourth-order valence-corrected chi connectivity index (χ4v) is 3.09. The second-order valence-corrected chi connectivity index (χ2v) is 7.19. The number of nitrogens with two attached hydrogens (primary N) is 1. The Balaban J connectivity index is 1.81. The lowest BCUT2D eigenvalue weighted by atomic mass is 9.98. The van der Waals surface area contributed by atoms with Crippen molar-refractivity contribution in [2.24, 2.45) is 11.7 Å². The molecule has 7 heteroatoms. The second-order valence-electron chi connectivity index (χ2n) is 7.19. The van der Waals surface area contributed by atoms with E-state index in [9.17, 15) is 4.79 Å². The SMILES string of the molecule is CC(C)C[C@H](N)COc1ccc2c(c1)OCc1cnc(N(C)C(=O)O)cc1-2. The summed E-state index contributed by atoms with van der Waals surface area (Å²) < 4.78 is 11.6. The van der Waals surface area contributed by atoms with E-state index in [0.717, 1.165) is 28.0 Å². The first kappa shape index (κ1) is 19.0. The predicted octanol–water partition coefficient (Wildman–Crippen LogP) is 3.51. The van der Waals surface area contributed by atoms with Crippen molar-refractivity contribution in [1.82, 2.24) is 4.98 Å². The number of pyridine rings is 1. The van der Waals surface area contributed by atoms with Gasteiger partial charge in [-0.05, 0) is 36.1 Å². The maximum atomic E-state index is 11.2. The van der Waals surface area contributed by atoms with Gasteiger partial charge in [-0.3, -0.25) is 4.90 Å². The summed E-state index contributed by atoms with van der Waals surface area (Å²) in [5.41, 5.74) is 8.79. The lowest BCUT2D eigenvalue weighted by Crippen LogP contribution is -2.29. The molecule has 0 saturated heterocycles. The van der Waals surface area contributed by atoms with Crippen molar-refractivity contribution < 1.29 is 19.4 Å². The number of rotatable bonds is 6. The first-order valence-electron chi connectivity index (χ1n) is 8.96. The highest BCUT2D eigenvalue weighted by atomic mass is 16.5. The number of carboxylic acid groups (broad SMARTS) is 1. The molecule has 7 nitrogen and oxygen atoms in total. The highest BCUT2D eigenvalue weighted by Gasteiger charge is 2.21. The van der Waals surface area contributed by atoms with Crippen LogP contribution in [-0.2, 0) is 6.61 Å². The molecule has 2 aromatic rings. The smallest absolute Gasteiger partial charge is 0.412 e. The molecule has 1 amide bonds. The lowest BCUT2D eigenvalue weighted by Gasteiger charge is -2.23. The van der Waals surface area contributed by atoms with E-state index in [1.54, 1.807) is 12.3 Å². The van der Waals surface area contributed by atoms with E-state index in [1.807, 2.05) is 18.2 Å². The van der Waals surface area contributed by atoms with Crippen molar-refractivity contribution in [1.29, 1.82) is 0 Å². The first-order chi connectivity index (χ1) is 12.8. The van der Waals surface area contributed by atoms with Gasteiger partial charge in [0.2, 0.25) is 0 Å². The Bertz CT molecular complexity index is 838. The summed E-state index contributed by atoms with van der Waals surface area (Å²) >= 11 is 0. The van der Waals surface area contributed by atoms with Gasteiger partial charge in [-0.15, -0.1) is 0 Å². The van der Waals surface area contributed by atoms with Crippen LogP contribution in [0, 0.1) is 5.92 Å². The molecule has 3 rings (SSSR count). The number of amides is 1. The summed E-state index contributed by atoms with van der Waals surface area (Å²) in [6.07, 6.45) is 1.50. The third kappa shape index (κ3) is 4.31. The number of aromatic nitrogens is 1. The van der Waals surface area contributed by atoms with Crippen LogP contribution in [-0.4, -0.2) is 35.9 Å². The molecule has 1 aliphatic heterocycles. The molecule has 0 bridgehead atoms. The number of fused-ring (bicyclic) bond motifs is 3. The topological polar surface area (TPSA) is 97.9 Å². The molecular weight excluding hydrogens is 346 g/mol. The van der Waals surface area contributed by atoms with Crippen molar-refractivity contribution in [2.45, 2.75) is 32.9 Å². The molecule has 0 radical (unpaired) electrons. The number of nitrogens with zero attached hydrogens (tertiary/aromatic N) is 2. The van der Waals surface area contributed by atoms with Crippen LogP contribution in [0.2, 0.25) is 0 Å². The van der Waals surface area contributed by atoms with Crippen molar-refractivity contribution >= 4 is 11.9 Å². The molecule has 0 fully saturated rings. The molecule has 0 aliphatic carbocycles. The average molecular weight is 371 g/mol. The molecule has 1 aliphatic rings. The minimum atomic E-state index is -1.06. The van der Waals surface area contributed by atoms with E-state index in [2.05, 4.69) is 18.8 Å². The zero-order valence-electron chi connectivity index (χ0n) is 15.8. The lowest BCUT2D eigenvalue weighted by molar-refractivity contribution is 0.203. The Hall–Kier alpha value is -2.80. The fourth-order valence-electron chi connectivity index (χ4n) is 3.09. The molecule has 144 valence electrons. The Morgan fingerprint density at radius 3 is 2.85 bits per heavy atom. The average Bonchev–Trinajstić information content (AvgIpc) is 2.64. The number of hydrogen-bond acceptors (Lipinski definition) is 5. The Labute approximate surface area is 158 Å². The van der Waals surface area contributed by atoms with Crippen LogP contribution in [0.1, 0.15) is 25.8 Å². The van der Waals surface area contributed by atoms with Crippen LogP contribution in [0.5, 0.6) is 11.5 Å². The zero-order valence-corrected chi connectivity index (χ0v) is 15.8. The largest absolute Gasteiger partial charge is 0.492 e. The first-order valence-corrected chi connectivity index (χ1v) is 8.96. The van der Waals surface area contributed by atoms with Gasteiger partial charge in [-0.25, -0.2) is 9.78 Å². The molecule has 27 heavy (non-hydrogen) atoms. The zero-order chi connectivity index (χ0) is 19.6. The highest BCUT2D eigenvalue weighted by molar-refractivity contribution is 5.86. The van der Waals surface area contributed by atoms with E-state index in [0.29, 0.717) is 36.4 Å². The molecule has 1 atom stereocenters. The summed E-state index contributed by atoms with van der Waals surface area (Å²) in [4.78, 5) is 16.5. The molecule has 1 aromatic heterocycles. The Morgan fingerprint density at radius 2 is 2.15 bits per heavy atom. The number of hydrogen-bond donors (Lipinski definition) is 2. The summed E-state index contributed by atoms with van der Waals surface area (Å²) in [5, 5.41) is 9.16. The molecule has 0 unspecified atom stereocenters. The quantitative estimate of drug-likeness (QED) is 0.806. The van der Waals surface area contributed by atoms with Crippen LogP contribution in [0.15, 0.2) is 30.5 Å².